The van der Waals surface area contributed by atoms with E-state index in [4.69, 9.17) is 4.74 Å². The summed E-state index contributed by atoms with van der Waals surface area (Å²) in [6.07, 6.45) is 8.21. The molecule has 1 aliphatic heterocycles. The summed E-state index contributed by atoms with van der Waals surface area (Å²) in [6, 6.07) is 0.393. The number of ether oxygens (including phenoxy) is 1. The zero-order chi connectivity index (χ0) is 16.3. The van der Waals surface area contributed by atoms with Gasteiger partial charge in [0.25, 0.3) is 0 Å². The highest BCUT2D eigenvalue weighted by Gasteiger charge is 2.34. The average Bonchev–Trinajstić information content (AvgIpc) is 2.46. The number of hydrogen-bond acceptors (Lipinski definition) is 2. The molecule has 1 heterocycles. The van der Waals surface area contributed by atoms with Crippen molar-refractivity contribution in [3.05, 3.63) is 0 Å². The fourth-order valence-corrected chi connectivity index (χ4v) is 4.25. The molecule has 2 atom stereocenters. The second kappa shape index (κ2) is 7.33. The molecular formula is C19H35NO2. The summed E-state index contributed by atoms with van der Waals surface area (Å²) in [7, 11) is 0. The number of amides is 1. The van der Waals surface area contributed by atoms with E-state index in [0.717, 1.165) is 31.6 Å². The quantitative estimate of drug-likeness (QED) is 0.840. The molecule has 1 saturated heterocycles. The zero-order valence-electron chi connectivity index (χ0n) is 15.2. The van der Waals surface area contributed by atoms with E-state index >= 15 is 0 Å². The van der Waals surface area contributed by atoms with Gasteiger partial charge in [0.2, 0.25) is 5.91 Å². The summed E-state index contributed by atoms with van der Waals surface area (Å²) in [5, 5.41) is 3.33. The van der Waals surface area contributed by atoms with Crippen LogP contribution in [-0.4, -0.2) is 24.2 Å². The van der Waals surface area contributed by atoms with Gasteiger partial charge in [-0.3, -0.25) is 4.79 Å². The first-order valence-electron chi connectivity index (χ1n) is 9.27. The summed E-state index contributed by atoms with van der Waals surface area (Å²) in [4.78, 5) is 12.5. The molecule has 3 nitrogen and oxygen atoms in total. The molecule has 0 aromatic heterocycles. The van der Waals surface area contributed by atoms with Gasteiger partial charge in [-0.2, -0.15) is 0 Å². The molecule has 0 radical (unpaired) electrons. The lowest BCUT2D eigenvalue weighted by molar-refractivity contribution is -0.134. The van der Waals surface area contributed by atoms with Gasteiger partial charge in [0, 0.05) is 12.0 Å². The maximum absolute atomic E-state index is 12.5. The van der Waals surface area contributed by atoms with Crippen molar-refractivity contribution in [2.75, 3.05) is 0 Å². The third-order valence-corrected chi connectivity index (χ3v) is 6.16. The van der Waals surface area contributed by atoms with E-state index in [9.17, 15) is 4.79 Å². The maximum Gasteiger partial charge on any atom is 0.223 e. The highest BCUT2D eigenvalue weighted by molar-refractivity contribution is 5.79. The Hall–Kier alpha value is -0.570. The van der Waals surface area contributed by atoms with Gasteiger partial charge in [0.1, 0.15) is 0 Å². The Labute approximate surface area is 136 Å². The molecular weight excluding hydrogens is 274 g/mol. The van der Waals surface area contributed by atoms with Crippen molar-refractivity contribution in [1.29, 1.82) is 0 Å². The summed E-state index contributed by atoms with van der Waals surface area (Å²) in [5.41, 5.74) is 0.445. The van der Waals surface area contributed by atoms with Gasteiger partial charge in [0.15, 0.2) is 0 Å². The molecule has 0 bridgehead atoms. The molecule has 22 heavy (non-hydrogen) atoms. The first-order valence-corrected chi connectivity index (χ1v) is 9.27. The summed E-state index contributed by atoms with van der Waals surface area (Å²) >= 11 is 0. The van der Waals surface area contributed by atoms with E-state index in [1.807, 2.05) is 0 Å². The Morgan fingerprint density at radius 1 is 1.09 bits per heavy atom. The number of carbonyl (C=O) groups excluding carboxylic acids is 1. The predicted molar refractivity (Wildman–Crippen MR) is 90.7 cm³/mol. The van der Waals surface area contributed by atoms with Crippen LogP contribution in [0.15, 0.2) is 0 Å². The predicted octanol–water partition coefficient (Wildman–Crippen LogP) is 4.30. The van der Waals surface area contributed by atoms with Crippen LogP contribution in [0.2, 0.25) is 0 Å². The van der Waals surface area contributed by atoms with Crippen molar-refractivity contribution in [2.45, 2.75) is 97.8 Å². The Balaban J connectivity index is 1.79. The van der Waals surface area contributed by atoms with Gasteiger partial charge < -0.3 is 10.1 Å². The van der Waals surface area contributed by atoms with Crippen LogP contribution in [0.3, 0.4) is 0 Å². The molecule has 1 aliphatic carbocycles. The van der Waals surface area contributed by atoms with E-state index in [1.165, 1.54) is 19.3 Å². The monoisotopic (exact) mass is 309 g/mol. The van der Waals surface area contributed by atoms with Gasteiger partial charge in [0.05, 0.1) is 12.2 Å². The molecule has 1 saturated carbocycles. The average molecular weight is 309 g/mol. The van der Waals surface area contributed by atoms with E-state index in [0.29, 0.717) is 11.5 Å². The summed E-state index contributed by atoms with van der Waals surface area (Å²) < 4.78 is 5.74. The SMILES string of the molecule is CCC(C)(C)C1CCC(NC(=O)C2CC(C)OC(C)C2)CC1. The summed E-state index contributed by atoms with van der Waals surface area (Å²) in [6.45, 7) is 11.2. The number of carbonyl (C=O) groups is 1. The normalized spacial score (nSPS) is 36.9. The zero-order valence-corrected chi connectivity index (χ0v) is 15.2. The minimum absolute atomic E-state index is 0.142. The Morgan fingerprint density at radius 3 is 2.14 bits per heavy atom. The number of nitrogens with one attached hydrogen (secondary N) is 1. The van der Waals surface area contributed by atoms with Gasteiger partial charge in [-0.05, 0) is 63.7 Å². The van der Waals surface area contributed by atoms with E-state index in [2.05, 4.69) is 39.9 Å². The number of rotatable bonds is 4. The molecule has 2 aliphatic rings. The molecule has 3 heteroatoms. The van der Waals surface area contributed by atoms with E-state index < -0.39 is 0 Å². The van der Waals surface area contributed by atoms with Gasteiger partial charge in [-0.25, -0.2) is 0 Å². The third kappa shape index (κ3) is 4.47. The van der Waals surface area contributed by atoms with Gasteiger partial charge >= 0.3 is 0 Å². The van der Waals surface area contributed by atoms with Crippen LogP contribution in [0.25, 0.3) is 0 Å². The molecule has 2 rings (SSSR count). The molecule has 1 amide bonds. The lowest BCUT2D eigenvalue weighted by atomic mass is 9.69. The van der Waals surface area contributed by atoms with Crippen LogP contribution in [0, 0.1) is 17.3 Å². The molecule has 2 fully saturated rings. The van der Waals surface area contributed by atoms with Crippen molar-refractivity contribution in [3.63, 3.8) is 0 Å². The fourth-order valence-electron chi connectivity index (χ4n) is 4.25. The van der Waals surface area contributed by atoms with Crippen LogP contribution in [0.4, 0.5) is 0 Å². The molecule has 1 N–H and O–H groups in total. The van der Waals surface area contributed by atoms with Crippen molar-refractivity contribution in [2.24, 2.45) is 17.3 Å². The highest BCUT2D eigenvalue weighted by atomic mass is 16.5. The Bertz CT molecular complexity index is 362. The lowest BCUT2D eigenvalue weighted by Crippen LogP contribution is -2.45. The fraction of sp³-hybridized carbons (Fsp3) is 0.947. The maximum atomic E-state index is 12.5. The largest absolute Gasteiger partial charge is 0.376 e. The van der Waals surface area contributed by atoms with Crippen LogP contribution >= 0.6 is 0 Å². The van der Waals surface area contributed by atoms with Crippen LogP contribution in [-0.2, 0) is 9.53 Å². The van der Waals surface area contributed by atoms with Crippen LogP contribution in [0.5, 0.6) is 0 Å². The van der Waals surface area contributed by atoms with Crippen molar-refractivity contribution < 1.29 is 9.53 Å². The Morgan fingerprint density at radius 2 is 1.64 bits per heavy atom. The van der Waals surface area contributed by atoms with E-state index in [1.54, 1.807) is 0 Å². The minimum Gasteiger partial charge on any atom is -0.376 e. The highest BCUT2D eigenvalue weighted by Crippen LogP contribution is 2.40. The van der Waals surface area contributed by atoms with Crippen LogP contribution in [0.1, 0.15) is 79.6 Å². The second-order valence-corrected chi connectivity index (χ2v) is 8.32. The lowest BCUT2D eigenvalue weighted by Gasteiger charge is -2.39. The molecule has 0 spiro atoms. The summed E-state index contributed by atoms with van der Waals surface area (Å²) in [5.74, 6) is 1.22. The Kier molecular flexibility index (Phi) is 5.93. The minimum atomic E-state index is 0.142. The molecule has 0 aromatic carbocycles. The second-order valence-electron chi connectivity index (χ2n) is 8.32. The number of hydrogen-bond donors (Lipinski definition) is 1. The van der Waals surface area contributed by atoms with Gasteiger partial charge in [-0.15, -0.1) is 0 Å². The first kappa shape index (κ1) is 17.8. The standard InChI is InChI=1S/C19H35NO2/c1-6-19(4,5)16-7-9-17(10-8-16)20-18(21)15-11-13(2)22-14(3)12-15/h13-17H,6-12H2,1-5H3,(H,20,21). The van der Waals surface area contributed by atoms with Crippen molar-refractivity contribution in [3.8, 4) is 0 Å². The molecule has 2 unspecified atom stereocenters. The molecule has 0 aromatic rings. The van der Waals surface area contributed by atoms with E-state index in [-0.39, 0.29) is 24.0 Å². The van der Waals surface area contributed by atoms with Gasteiger partial charge in [-0.1, -0.05) is 27.2 Å². The van der Waals surface area contributed by atoms with Crippen molar-refractivity contribution >= 4 is 5.91 Å². The first-order chi connectivity index (χ1) is 10.3. The topological polar surface area (TPSA) is 38.3 Å². The van der Waals surface area contributed by atoms with Crippen LogP contribution < -0.4 is 5.32 Å². The van der Waals surface area contributed by atoms with Crippen molar-refractivity contribution in [1.82, 2.24) is 5.32 Å². The third-order valence-electron chi connectivity index (χ3n) is 6.16. The molecule has 128 valence electrons. The smallest absolute Gasteiger partial charge is 0.223 e.